The second-order valence-electron chi connectivity index (χ2n) is 3.57. The predicted molar refractivity (Wildman–Crippen MR) is 56.5 cm³/mol. The summed E-state index contributed by atoms with van der Waals surface area (Å²) in [5.41, 5.74) is 1.04. The zero-order valence-corrected chi connectivity index (χ0v) is 9.34. The number of aryl methyl sites for hydroxylation is 1. The minimum atomic E-state index is -0.805. The van der Waals surface area contributed by atoms with Crippen LogP contribution in [-0.2, 0) is 17.9 Å². The van der Waals surface area contributed by atoms with Crippen molar-refractivity contribution in [3.05, 3.63) is 18.0 Å². The fourth-order valence-electron chi connectivity index (χ4n) is 1.36. The molecule has 1 heterocycles. The van der Waals surface area contributed by atoms with Gasteiger partial charge in [-0.3, -0.25) is 14.4 Å². The molecule has 5 heteroatoms. The van der Waals surface area contributed by atoms with Crippen molar-refractivity contribution in [3.8, 4) is 0 Å². The molecule has 0 aliphatic heterocycles. The number of hydrogen-bond donors (Lipinski definition) is 1. The average Bonchev–Trinajstić information content (AvgIpc) is 2.63. The van der Waals surface area contributed by atoms with Crippen LogP contribution >= 0.6 is 0 Å². The van der Waals surface area contributed by atoms with Crippen LogP contribution in [0, 0.1) is 0 Å². The SMILES string of the molecule is CCn1nccc1CN(C)C(C)C(=O)O. The Morgan fingerprint density at radius 3 is 2.93 bits per heavy atom. The molecule has 0 aromatic carbocycles. The summed E-state index contributed by atoms with van der Waals surface area (Å²) in [7, 11) is 1.80. The number of aliphatic carboxylic acids is 1. The van der Waals surface area contributed by atoms with E-state index in [1.54, 1.807) is 25.1 Å². The highest BCUT2D eigenvalue weighted by atomic mass is 16.4. The van der Waals surface area contributed by atoms with E-state index in [2.05, 4.69) is 5.10 Å². The Labute approximate surface area is 89.3 Å². The van der Waals surface area contributed by atoms with Gasteiger partial charge in [-0.15, -0.1) is 0 Å². The van der Waals surface area contributed by atoms with Gasteiger partial charge in [0.15, 0.2) is 0 Å². The van der Waals surface area contributed by atoms with Crippen LogP contribution in [0.4, 0.5) is 0 Å². The van der Waals surface area contributed by atoms with Gasteiger partial charge in [-0.05, 0) is 27.0 Å². The molecular formula is C10H17N3O2. The number of aromatic nitrogens is 2. The fourth-order valence-corrected chi connectivity index (χ4v) is 1.36. The first kappa shape index (κ1) is 11.7. The minimum Gasteiger partial charge on any atom is -0.480 e. The van der Waals surface area contributed by atoms with E-state index in [0.717, 1.165) is 12.2 Å². The summed E-state index contributed by atoms with van der Waals surface area (Å²) in [4.78, 5) is 12.5. The summed E-state index contributed by atoms with van der Waals surface area (Å²) in [6.07, 6.45) is 1.73. The molecule has 5 nitrogen and oxygen atoms in total. The van der Waals surface area contributed by atoms with E-state index < -0.39 is 12.0 Å². The first-order valence-electron chi connectivity index (χ1n) is 5.00. The van der Waals surface area contributed by atoms with Crippen molar-refractivity contribution < 1.29 is 9.90 Å². The van der Waals surface area contributed by atoms with Crippen LogP contribution < -0.4 is 0 Å². The number of carboxylic acids is 1. The van der Waals surface area contributed by atoms with Crippen LogP contribution in [-0.4, -0.2) is 38.8 Å². The largest absolute Gasteiger partial charge is 0.480 e. The molecule has 1 aromatic rings. The van der Waals surface area contributed by atoms with Crippen molar-refractivity contribution in [2.45, 2.75) is 33.0 Å². The average molecular weight is 211 g/mol. The lowest BCUT2D eigenvalue weighted by atomic mass is 10.3. The highest BCUT2D eigenvalue weighted by molar-refractivity contribution is 5.72. The number of carboxylic acid groups (broad SMARTS) is 1. The van der Waals surface area contributed by atoms with Crippen LogP contribution in [0.5, 0.6) is 0 Å². The molecule has 1 unspecified atom stereocenters. The van der Waals surface area contributed by atoms with Crippen molar-refractivity contribution in [1.29, 1.82) is 0 Å². The molecule has 0 aliphatic carbocycles. The molecule has 0 fully saturated rings. The van der Waals surface area contributed by atoms with Gasteiger partial charge in [0.05, 0.1) is 5.69 Å². The molecule has 1 atom stereocenters. The number of rotatable bonds is 5. The van der Waals surface area contributed by atoms with Crippen LogP contribution in [0.1, 0.15) is 19.5 Å². The van der Waals surface area contributed by atoms with Crippen molar-refractivity contribution in [2.75, 3.05) is 7.05 Å². The molecule has 0 bridgehead atoms. The van der Waals surface area contributed by atoms with E-state index in [9.17, 15) is 4.79 Å². The van der Waals surface area contributed by atoms with Gasteiger partial charge in [-0.1, -0.05) is 0 Å². The number of nitrogens with zero attached hydrogens (tertiary/aromatic N) is 3. The first-order valence-corrected chi connectivity index (χ1v) is 5.00. The molecule has 0 radical (unpaired) electrons. The van der Waals surface area contributed by atoms with Gasteiger partial charge in [0, 0.05) is 19.3 Å². The normalized spacial score (nSPS) is 13.1. The molecule has 15 heavy (non-hydrogen) atoms. The lowest BCUT2D eigenvalue weighted by Crippen LogP contribution is -2.35. The highest BCUT2D eigenvalue weighted by Crippen LogP contribution is 2.06. The molecule has 84 valence electrons. The van der Waals surface area contributed by atoms with Gasteiger partial charge in [0.2, 0.25) is 0 Å². The maximum Gasteiger partial charge on any atom is 0.320 e. The maximum absolute atomic E-state index is 10.8. The van der Waals surface area contributed by atoms with Gasteiger partial charge < -0.3 is 5.11 Å². The minimum absolute atomic E-state index is 0.481. The molecule has 0 saturated carbocycles. The zero-order chi connectivity index (χ0) is 11.4. The lowest BCUT2D eigenvalue weighted by Gasteiger charge is -2.21. The van der Waals surface area contributed by atoms with Crippen molar-refractivity contribution in [3.63, 3.8) is 0 Å². The standard InChI is InChI=1S/C10H17N3O2/c1-4-13-9(5-6-11-13)7-12(3)8(2)10(14)15/h5-6,8H,4,7H2,1-3H3,(H,14,15). The number of likely N-dealkylation sites (N-methyl/N-ethyl adjacent to an activating group) is 1. The van der Waals surface area contributed by atoms with E-state index in [-0.39, 0.29) is 0 Å². The topological polar surface area (TPSA) is 58.4 Å². The quantitative estimate of drug-likeness (QED) is 0.783. The maximum atomic E-state index is 10.8. The Morgan fingerprint density at radius 1 is 1.73 bits per heavy atom. The third-order valence-electron chi connectivity index (χ3n) is 2.53. The van der Waals surface area contributed by atoms with E-state index in [0.29, 0.717) is 6.54 Å². The lowest BCUT2D eigenvalue weighted by molar-refractivity contribution is -0.142. The second kappa shape index (κ2) is 4.93. The summed E-state index contributed by atoms with van der Waals surface area (Å²) in [5.74, 6) is -0.805. The van der Waals surface area contributed by atoms with Gasteiger partial charge >= 0.3 is 5.97 Å². The van der Waals surface area contributed by atoms with E-state index in [1.165, 1.54) is 0 Å². The molecule has 0 saturated heterocycles. The molecule has 0 aliphatic rings. The Morgan fingerprint density at radius 2 is 2.40 bits per heavy atom. The molecule has 1 aromatic heterocycles. The van der Waals surface area contributed by atoms with Gasteiger partial charge in [-0.2, -0.15) is 5.10 Å². The van der Waals surface area contributed by atoms with Gasteiger partial charge in [-0.25, -0.2) is 0 Å². The smallest absolute Gasteiger partial charge is 0.320 e. The van der Waals surface area contributed by atoms with E-state index >= 15 is 0 Å². The first-order chi connectivity index (χ1) is 7.06. The van der Waals surface area contributed by atoms with Gasteiger partial charge in [0.25, 0.3) is 0 Å². The fraction of sp³-hybridized carbons (Fsp3) is 0.600. The molecule has 1 N–H and O–H groups in total. The van der Waals surface area contributed by atoms with Crippen LogP contribution in [0.2, 0.25) is 0 Å². The second-order valence-corrected chi connectivity index (χ2v) is 3.57. The van der Waals surface area contributed by atoms with Crippen molar-refractivity contribution in [1.82, 2.24) is 14.7 Å². The summed E-state index contributed by atoms with van der Waals surface area (Å²) in [6, 6.07) is 1.43. The zero-order valence-electron chi connectivity index (χ0n) is 9.34. The number of carbonyl (C=O) groups is 1. The Balaban J connectivity index is 2.65. The Bertz CT molecular complexity index is 335. The molecule has 0 amide bonds. The summed E-state index contributed by atoms with van der Waals surface area (Å²) in [6.45, 7) is 5.09. The highest BCUT2D eigenvalue weighted by Gasteiger charge is 2.17. The molecular weight excluding hydrogens is 194 g/mol. The third kappa shape index (κ3) is 2.79. The van der Waals surface area contributed by atoms with Gasteiger partial charge in [0.1, 0.15) is 6.04 Å². The van der Waals surface area contributed by atoms with Crippen LogP contribution in [0.25, 0.3) is 0 Å². The Hall–Kier alpha value is -1.36. The molecule has 0 spiro atoms. The van der Waals surface area contributed by atoms with E-state index in [1.807, 2.05) is 17.7 Å². The predicted octanol–water partition coefficient (Wildman–Crippen LogP) is 0.808. The summed E-state index contributed by atoms with van der Waals surface area (Å²) < 4.78 is 1.87. The summed E-state index contributed by atoms with van der Waals surface area (Å²) >= 11 is 0. The van der Waals surface area contributed by atoms with Crippen LogP contribution in [0.3, 0.4) is 0 Å². The van der Waals surface area contributed by atoms with E-state index in [4.69, 9.17) is 5.11 Å². The monoisotopic (exact) mass is 211 g/mol. The Kier molecular flexibility index (Phi) is 3.85. The number of hydrogen-bond acceptors (Lipinski definition) is 3. The van der Waals surface area contributed by atoms with Crippen molar-refractivity contribution in [2.24, 2.45) is 0 Å². The van der Waals surface area contributed by atoms with Crippen LogP contribution in [0.15, 0.2) is 12.3 Å². The molecule has 1 rings (SSSR count). The summed E-state index contributed by atoms with van der Waals surface area (Å²) in [5, 5.41) is 13.0. The third-order valence-corrected chi connectivity index (χ3v) is 2.53. The van der Waals surface area contributed by atoms with Crippen molar-refractivity contribution >= 4 is 5.97 Å².